The molecule has 9 aromatic carbocycles. The van der Waals surface area contributed by atoms with Gasteiger partial charge in [-0.05, 0) is 112 Å². The van der Waals surface area contributed by atoms with Gasteiger partial charge in [0, 0.05) is 44.6 Å². The minimum absolute atomic E-state index is 0.146. The van der Waals surface area contributed by atoms with Crippen molar-refractivity contribution in [2.45, 2.75) is 19.3 Å². The van der Waals surface area contributed by atoms with E-state index < -0.39 is 0 Å². The quantitative estimate of drug-likeness (QED) is 0.152. The summed E-state index contributed by atoms with van der Waals surface area (Å²) < 4.78 is 2.46. The van der Waals surface area contributed by atoms with E-state index in [1.807, 2.05) is 0 Å². The van der Waals surface area contributed by atoms with Crippen molar-refractivity contribution >= 4 is 55.9 Å². The van der Waals surface area contributed by atoms with E-state index in [4.69, 9.17) is 0 Å². The Morgan fingerprint density at radius 1 is 0.367 bits per heavy atom. The van der Waals surface area contributed by atoms with E-state index in [1.165, 1.54) is 44.2 Å². The van der Waals surface area contributed by atoms with E-state index in [1.54, 1.807) is 0 Å². The number of nitrogens with zero attached hydrogens (tertiary/aromatic N) is 3. The topological polar surface area (TPSA) is 11.4 Å². The molecule has 11 rings (SSSR count). The molecule has 0 amide bonds. The summed E-state index contributed by atoms with van der Waals surface area (Å²) >= 11 is 0. The normalized spacial score (nSPS) is 12.6. The smallest absolute Gasteiger partial charge is 0.0583 e. The van der Waals surface area contributed by atoms with Gasteiger partial charge in [0.15, 0.2) is 0 Å². The zero-order chi connectivity index (χ0) is 40.2. The molecule has 3 heteroatoms. The molecule has 286 valence electrons. The Balaban J connectivity index is 1.24. The van der Waals surface area contributed by atoms with Gasteiger partial charge in [-0.2, -0.15) is 0 Å². The van der Waals surface area contributed by atoms with Gasteiger partial charge in [0.05, 0.1) is 22.4 Å². The first-order chi connectivity index (χ1) is 29.5. The third kappa shape index (κ3) is 5.81. The maximum absolute atomic E-state index is 2.46. The number of hydrogen-bond acceptors (Lipinski definition) is 2. The number of hydrogen-bond donors (Lipinski definition) is 0. The zero-order valence-electron chi connectivity index (χ0n) is 33.7. The lowest BCUT2D eigenvalue weighted by Crippen LogP contribution is -2.17. The summed E-state index contributed by atoms with van der Waals surface area (Å²) in [5, 5.41) is 2.38. The van der Waals surface area contributed by atoms with Crippen molar-refractivity contribution in [1.29, 1.82) is 0 Å². The summed E-state index contributed by atoms with van der Waals surface area (Å²) in [6.45, 7) is 4.72. The highest BCUT2D eigenvalue weighted by atomic mass is 15.2. The third-order valence-corrected chi connectivity index (χ3v) is 12.3. The fraction of sp³-hybridized carbons (Fsp3) is 0.0526. The summed E-state index contributed by atoms with van der Waals surface area (Å²) in [4.78, 5) is 4.87. The van der Waals surface area contributed by atoms with Crippen LogP contribution in [0.15, 0.2) is 224 Å². The van der Waals surface area contributed by atoms with Crippen LogP contribution in [0.4, 0.5) is 34.1 Å². The predicted octanol–water partition coefficient (Wildman–Crippen LogP) is 15.7. The molecule has 3 nitrogen and oxygen atoms in total. The van der Waals surface area contributed by atoms with Gasteiger partial charge >= 0.3 is 0 Å². The Morgan fingerprint density at radius 2 is 0.933 bits per heavy atom. The molecule has 0 spiro atoms. The third-order valence-electron chi connectivity index (χ3n) is 12.3. The Hall–Kier alpha value is -7.62. The number of rotatable bonds is 8. The highest BCUT2D eigenvalue weighted by molar-refractivity contribution is 6.18. The van der Waals surface area contributed by atoms with E-state index >= 15 is 0 Å². The number of para-hydroxylation sites is 4. The van der Waals surface area contributed by atoms with Crippen LogP contribution in [0, 0.1) is 0 Å². The second-order valence-corrected chi connectivity index (χ2v) is 16.2. The number of benzene rings is 9. The van der Waals surface area contributed by atoms with Crippen LogP contribution in [0.1, 0.15) is 25.0 Å². The highest BCUT2D eigenvalue weighted by Crippen LogP contribution is 2.52. The minimum Gasteiger partial charge on any atom is -0.310 e. The Morgan fingerprint density at radius 3 is 1.63 bits per heavy atom. The van der Waals surface area contributed by atoms with Gasteiger partial charge in [-0.3, -0.25) is 0 Å². The molecule has 1 aromatic heterocycles. The predicted molar refractivity (Wildman–Crippen MR) is 253 cm³/mol. The van der Waals surface area contributed by atoms with E-state index in [9.17, 15) is 0 Å². The van der Waals surface area contributed by atoms with Crippen LogP contribution >= 0.6 is 0 Å². The largest absolute Gasteiger partial charge is 0.310 e. The molecular weight excluding hydrogens is 727 g/mol. The molecule has 0 atom stereocenters. The average Bonchev–Trinajstić information content (AvgIpc) is 3.76. The monoisotopic (exact) mass is 769 g/mol. The first-order valence-corrected chi connectivity index (χ1v) is 20.8. The summed E-state index contributed by atoms with van der Waals surface area (Å²) in [6.07, 6.45) is 0. The maximum Gasteiger partial charge on any atom is 0.0583 e. The van der Waals surface area contributed by atoms with Crippen LogP contribution in [0.5, 0.6) is 0 Å². The Bertz CT molecular complexity index is 3130. The van der Waals surface area contributed by atoms with Crippen LogP contribution in [0.25, 0.3) is 49.7 Å². The summed E-state index contributed by atoms with van der Waals surface area (Å²) in [7, 11) is 0. The van der Waals surface area contributed by atoms with Crippen LogP contribution in [-0.2, 0) is 5.41 Å². The molecule has 0 fully saturated rings. The van der Waals surface area contributed by atoms with Crippen LogP contribution < -0.4 is 9.80 Å². The molecule has 60 heavy (non-hydrogen) atoms. The lowest BCUT2D eigenvalue weighted by Gasteiger charge is -2.31. The zero-order valence-corrected chi connectivity index (χ0v) is 33.7. The molecule has 0 radical (unpaired) electrons. The first kappa shape index (κ1) is 35.5. The molecule has 0 aliphatic heterocycles. The molecule has 0 saturated heterocycles. The lowest BCUT2D eigenvalue weighted by molar-refractivity contribution is 0.660. The van der Waals surface area contributed by atoms with Crippen molar-refractivity contribution in [3.63, 3.8) is 0 Å². The van der Waals surface area contributed by atoms with E-state index in [0.29, 0.717) is 0 Å². The lowest BCUT2D eigenvalue weighted by atomic mass is 9.82. The van der Waals surface area contributed by atoms with Crippen molar-refractivity contribution in [3.8, 4) is 27.9 Å². The molecular formula is C57H43N3. The SMILES string of the molecule is CC1(C)c2ccccc2-c2ccc(N(c3ccccc3)c3cc(N(c4ccccc4)c4ccccc4)c4c5ccccc5n(-c5cccc(-c6ccccc6)c5)c4c3)cc21. The maximum atomic E-state index is 2.46. The second-order valence-electron chi connectivity index (χ2n) is 16.2. The van der Waals surface area contributed by atoms with Crippen LogP contribution in [0.3, 0.4) is 0 Å². The van der Waals surface area contributed by atoms with Gasteiger partial charge < -0.3 is 14.4 Å². The van der Waals surface area contributed by atoms with Crippen molar-refractivity contribution in [3.05, 3.63) is 236 Å². The number of fused-ring (bicyclic) bond motifs is 6. The highest BCUT2D eigenvalue weighted by Gasteiger charge is 2.36. The minimum atomic E-state index is -0.146. The fourth-order valence-corrected chi connectivity index (χ4v) is 9.54. The van der Waals surface area contributed by atoms with E-state index in [-0.39, 0.29) is 5.41 Å². The van der Waals surface area contributed by atoms with Crippen molar-refractivity contribution in [2.24, 2.45) is 0 Å². The molecule has 0 N–H and O–H groups in total. The summed E-state index contributed by atoms with van der Waals surface area (Å²) in [5.41, 5.74) is 17.5. The van der Waals surface area contributed by atoms with Crippen molar-refractivity contribution in [1.82, 2.24) is 4.57 Å². The second kappa shape index (κ2) is 14.3. The Labute approximate surface area is 351 Å². The van der Waals surface area contributed by atoms with Gasteiger partial charge in [0.1, 0.15) is 0 Å². The van der Waals surface area contributed by atoms with E-state index in [2.05, 4.69) is 253 Å². The standard InChI is InChI=1S/C57H43N3/c1-57(2)51-32-17-15-30-48(51)49-35-34-46(37-52(49)57)58(42-23-9-4-10-24-42)47-38-54(59(43-25-11-5-12-26-43)44-27-13-6-14-28-44)56-50-31-16-18-33-53(50)60(55(56)39-47)45-29-19-22-41(36-45)40-20-7-3-8-21-40/h3-39H,1-2H3. The van der Waals surface area contributed by atoms with Gasteiger partial charge in [-0.15, -0.1) is 0 Å². The van der Waals surface area contributed by atoms with E-state index in [0.717, 1.165) is 50.8 Å². The summed E-state index contributed by atoms with van der Waals surface area (Å²) in [6, 6.07) is 81.6. The average molecular weight is 770 g/mol. The molecule has 1 aliphatic carbocycles. The van der Waals surface area contributed by atoms with Gasteiger partial charge in [0.25, 0.3) is 0 Å². The van der Waals surface area contributed by atoms with Gasteiger partial charge in [-0.1, -0.05) is 159 Å². The Kier molecular flexibility index (Phi) is 8.49. The van der Waals surface area contributed by atoms with Crippen LogP contribution in [-0.4, -0.2) is 4.57 Å². The molecule has 0 bridgehead atoms. The van der Waals surface area contributed by atoms with Crippen LogP contribution in [0.2, 0.25) is 0 Å². The number of anilines is 6. The number of aromatic nitrogens is 1. The fourth-order valence-electron chi connectivity index (χ4n) is 9.54. The summed E-state index contributed by atoms with van der Waals surface area (Å²) in [5.74, 6) is 0. The van der Waals surface area contributed by atoms with Crippen molar-refractivity contribution in [2.75, 3.05) is 9.80 Å². The van der Waals surface area contributed by atoms with Crippen molar-refractivity contribution < 1.29 is 0 Å². The molecule has 1 heterocycles. The molecule has 10 aromatic rings. The van der Waals surface area contributed by atoms with Gasteiger partial charge in [-0.25, -0.2) is 0 Å². The molecule has 0 saturated carbocycles. The molecule has 1 aliphatic rings. The first-order valence-electron chi connectivity index (χ1n) is 20.8. The molecule has 0 unspecified atom stereocenters. The van der Waals surface area contributed by atoms with Gasteiger partial charge in [0.2, 0.25) is 0 Å².